The predicted octanol–water partition coefficient (Wildman–Crippen LogP) is 1.32. The third kappa shape index (κ3) is 1.52. The zero-order valence-corrected chi connectivity index (χ0v) is 9.21. The molecular formula is C12H10N4O. The summed E-state index contributed by atoms with van der Waals surface area (Å²) in [4.78, 5) is 22.4. The second-order valence-corrected chi connectivity index (χ2v) is 3.82. The first-order valence-corrected chi connectivity index (χ1v) is 5.21. The molecule has 3 heterocycles. The molecule has 0 aliphatic heterocycles. The lowest BCUT2D eigenvalue weighted by Crippen LogP contribution is -2.11. The number of nitrogens with one attached hydrogen (secondary N) is 1. The molecular weight excluding hydrogens is 216 g/mol. The number of aromatic nitrogens is 4. The van der Waals surface area contributed by atoms with Gasteiger partial charge in [-0.05, 0) is 12.1 Å². The van der Waals surface area contributed by atoms with E-state index in [0.29, 0.717) is 5.65 Å². The van der Waals surface area contributed by atoms with E-state index in [-0.39, 0.29) is 5.69 Å². The average Bonchev–Trinajstić information content (AvgIpc) is 2.66. The van der Waals surface area contributed by atoms with Crippen LogP contribution in [0.3, 0.4) is 0 Å². The minimum atomic E-state index is -0.157. The number of H-pyrrole nitrogens is 1. The molecule has 0 saturated heterocycles. The van der Waals surface area contributed by atoms with Crippen molar-refractivity contribution in [1.29, 1.82) is 0 Å². The summed E-state index contributed by atoms with van der Waals surface area (Å²) in [6, 6.07) is 5.76. The van der Waals surface area contributed by atoms with Crippen LogP contribution in [-0.2, 0) is 7.05 Å². The van der Waals surface area contributed by atoms with Crippen LogP contribution in [0.5, 0.6) is 0 Å². The van der Waals surface area contributed by atoms with Gasteiger partial charge in [-0.2, -0.15) is 0 Å². The minimum absolute atomic E-state index is 0.157. The molecule has 5 heteroatoms. The first-order valence-electron chi connectivity index (χ1n) is 5.21. The van der Waals surface area contributed by atoms with Crippen molar-refractivity contribution in [3.63, 3.8) is 0 Å². The van der Waals surface area contributed by atoms with E-state index < -0.39 is 0 Å². The maximum absolute atomic E-state index is 11.4. The highest BCUT2D eigenvalue weighted by atomic mass is 16.1. The minimum Gasteiger partial charge on any atom is -0.294 e. The summed E-state index contributed by atoms with van der Waals surface area (Å²) in [6.07, 6.45) is 5.23. The van der Waals surface area contributed by atoms with Crippen molar-refractivity contribution in [2.75, 3.05) is 0 Å². The SMILES string of the molecule is Cn1c(=O)[nH]c2ncc(-c3cccnc3)cc21. The number of nitrogens with zero attached hydrogens (tertiary/aromatic N) is 3. The van der Waals surface area contributed by atoms with Gasteiger partial charge >= 0.3 is 5.69 Å². The van der Waals surface area contributed by atoms with Crippen molar-refractivity contribution in [3.05, 3.63) is 47.3 Å². The van der Waals surface area contributed by atoms with E-state index >= 15 is 0 Å². The molecule has 0 fully saturated rings. The largest absolute Gasteiger partial charge is 0.327 e. The fraction of sp³-hybridized carbons (Fsp3) is 0.0833. The molecule has 0 spiro atoms. The van der Waals surface area contributed by atoms with Crippen LogP contribution in [0.15, 0.2) is 41.6 Å². The molecule has 3 rings (SSSR count). The van der Waals surface area contributed by atoms with Crippen molar-refractivity contribution < 1.29 is 0 Å². The Morgan fingerprint density at radius 2 is 2.18 bits per heavy atom. The van der Waals surface area contributed by atoms with E-state index in [4.69, 9.17) is 0 Å². The third-order valence-corrected chi connectivity index (χ3v) is 2.75. The van der Waals surface area contributed by atoms with Gasteiger partial charge in [0, 0.05) is 36.8 Å². The van der Waals surface area contributed by atoms with E-state index in [1.54, 1.807) is 30.2 Å². The molecule has 3 aromatic rings. The zero-order chi connectivity index (χ0) is 11.8. The lowest BCUT2D eigenvalue weighted by Gasteiger charge is -2.00. The van der Waals surface area contributed by atoms with Gasteiger partial charge in [-0.1, -0.05) is 6.07 Å². The highest BCUT2D eigenvalue weighted by Gasteiger charge is 2.06. The molecule has 17 heavy (non-hydrogen) atoms. The maximum Gasteiger partial charge on any atom is 0.327 e. The summed E-state index contributed by atoms with van der Waals surface area (Å²) in [5.74, 6) is 0. The van der Waals surface area contributed by atoms with Crippen LogP contribution in [0.1, 0.15) is 0 Å². The van der Waals surface area contributed by atoms with Crippen molar-refractivity contribution in [2.45, 2.75) is 0 Å². The van der Waals surface area contributed by atoms with Gasteiger partial charge in [-0.3, -0.25) is 14.5 Å². The molecule has 84 valence electrons. The Balaban J connectivity index is 2.27. The molecule has 0 aliphatic carbocycles. The lowest BCUT2D eigenvalue weighted by molar-refractivity contribution is 0.891. The number of pyridine rings is 2. The molecule has 0 saturated carbocycles. The van der Waals surface area contributed by atoms with Gasteiger partial charge in [-0.15, -0.1) is 0 Å². The van der Waals surface area contributed by atoms with Gasteiger partial charge in [0.2, 0.25) is 0 Å². The first-order chi connectivity index (χ1) is 8.25. The van der Waals surface area contributed by atoms with E-state index in [2.05, 4.69) is 15.0 Å². The molecule has 5 nitrogen and oxygen atoms in total. The first kappa shape index (κ1) is 9.77. The van der Waals surface area contributed by atoms with Crippen molar-refractivity contribution in [1.82, 2.24) is 19.5 Å². The van der Waals surface area contributed by atoms with Gasteiger partial charge in [0.15, 0.2) is 5.65 Å². The van der Waals surface area contributed by atoms with Gasteiger partial charge in [0.25, 0.3) is 0 Å². The van der Waals surface area contributed by atoms with Crippen LogP contribution in [0.25, 0.3) is 22.3 Å². The second kappa shape index (κ2) is 3.55. The maximum atomic E-state index is 11.4. The third-order valence-electron chi connectivity index (χ3n) is 2.75. The van der Waals surface area contributed by atoms with Crippen LogP contribution < -0.4 is 5.69 Å². The Morgan fingerprint density at radius 1 is 1.29 bits per heavy atom. The van der Waals surface area contributed by atoms with E-state index in [0.717, 1.165) is 16.6 Å². The molecule has 0 aromatic carbocycles. The molecule has 0 bridgehead atoms. The van der Waals surface area contributed by atoms with Crippen LogP contribution >= 0.6 is 0 Å². The van der Waals surface area contributed by atoms with Gasteiger partial charge < -0.3 is 0 Å². The quantitative estimate of drug-likeness (QED) is 0.680. The molecule has 1 N–H and O–H groups in total. The lowest BCUT2D eigenvalue weighted by atomic mass is 10.1. The summed E-state index contributed by atoms with van der Waals surface area (Å²) < 4.78 is 1.54. The monoisotopic (exact) mass is 226 g/mol. The predicted molar refractivity (Wildman–Crippen MR) is 64.6 cm³/mol. The Hall–Kier alpha value is -2.43. The van der Waals surface area contributed by atoms with E-state index in [1.807, 2.05) is 18.2 Å². The van der Waals surface area contributed by atoms with E-state index in [9.17, 15) is 4.79 Å². The smallest absolute Gasteiger partial charge is 0.294 e. The average molecular weight is 226 g/mol. The van der Waals surface area contributed by atoms with Crippen LogP contribution in [0.4, 0.5) is 0 Å². The Bertz CT molecular complexity index is 727. The standard InChI is InChI=1S/C12H10N4O/c1-16-10-5-9(8-3-2-4-13-6-8)7-14-11(10)15-12(16)17/h2-7H,1H3,(H,14,15,17). The molecule has 0 unspecified atom stereocenters. The summed E-state index contributed by atoms with van der Waals surface area (Å²) in [7, 11) is 1.72. The number of hydrogen-bond acceptors (Lipinski definition) is 3. The number of hydrogen-bond donors (Lipinski definition) is 1. The Morgan fingerprint density at radius 3 is 2.94 bits per heavy atom. The van der Waals surface area contributed by atoms with Gasteiger partial charge in [0.05, 0.1) is 5.52 Å². The Kier molecular flexibility index (Phi) is 2.04. The van der Waals surface area contributed by atoms with Crippen molar-refractivity contribution in [2.24, 2.45) is 7.05 Å². The summed E-state index contributed by atoms with van der Waals surface area (Å²) >= 11 is 0. The molecule has 3 aromatic heterocycles. The zero-order valence-electron chi connectivity index (χ0n) is 9.21. The summed E-state index contributed by atoms with van der Waals surface area (Å²) in [5, 5.41) is 0. The number of imidazole rings is 1. The van der Waals surface area contributed by atoms with Crippen LogP contribution in [0, 0.1) is 0 Å². The molecule has 0 atom stereocenters. The summed E-state index contributed by atoms with van der Waals surface area (Å²) in [6.45, 7) is 0. The normalized spacial score (nSPS) is 10.9. The van der Waals surface area contributed by atoms with Crippen molar-refractivity contribution >= 4 is 11.2 Å². The highest BCUT2D eigenvalue weighted by Crippen LogP contribution is 2.19. The Labute approximate surface area is 96.8 Å². The number of aromatic amines is 1. The van der Waals surface area contributed by atoms with Crippen LogP contribution in [-0.4, -0.2) is 19.5 Å². The second-order valence-electron chi connectivity index (χ2n) is 3.82. The molecule has 0 radical (unpaired) electrons. The fourth-order valence-corrected chi connectivity index (χ4v) is 1.79. The van der Waals surface area contributed by atoms with Gasteiger partial charge in [0.1, 0.15) is 0 Å². The van der Waals surface area contributed by atoms with Crippen LogP contribution in [0.2, 0.25) is 0 Å². The fourth-order valence-electron chi connectivity index (χ4n) is 1.79. The molecule has 0 aliphatic rings. The highest BCUT2D eigenvalue weighted by molar-refractivity contribution is 5.77. The number of fused-ring (bicyclic) bond motifs is 1. The number of aryl methyl sites for hydroxylation is 1. The van der Waals surface area contributed by atoms with Crippen molar-refractivity contribution in [3.8, 4) is 11.1 Å². The number of rotatable bonds is 1. The summed E-state index contributed by atoms with van der Waals surface area (Å²) in [5.41, 5.74) is 3.16. The molecule has 0 amide bonds. The van der Waals surface area contributed by atoms with Gasteiger partial charge in [-0.25, -0.2) is 9.78 Å². The topological polar surface area (TPSA) is 63.6 Å². The van der Waals surface area contributed by atoms with E-state index in [1.165, 1.54) is 0 Å².